The second-order valence-corrected chi connectivity index (χ2v) is 5.43. The van der Waals surface area contributed by atoms with Gasteiger partial charge in [0.25, 0.3) is 11.8 Å². The topological polar surface area (TPSA) is 79.8 Å². The zero-order valence-electron chi connectivity index (χ0n) is 12.6. The lowest BCUT2D eigenvalue weighted by molar-refractivity contribution is -0.120. The fourth-order valence-corrected chi connectivity index (χ4v) is 2.29. The molecule has 2 N–H and O–H groups in total. The van der Waals surface area contributed by atoms with Crippen LogP contribution in [0.1, 0.15) is 22.2 Å². The van der Waals surface area contributed by atoms with Gasteiger partial charge in [-0.2, -0.15) is 5.10 Å². The first-order chi connectivity index (χ1) is 11.2. The van der Waals surface area contributed by atoms with E-state index in [1.807, 2.05) is 24.4 Å². The van der Waals surface area contributed by atoms with E-state index >= 15 is 0 Å². The number of nitrogens with one attached hydrogen (secondary N) is 2. The summed E-state index contributed by atoms with van der Waals surface area (Å²) in [6.45, 7) is 2.31. The first kappa shape index (κ1) is 16.7. The summed E-state index contributed by atoms with van der Waals surface area (Å²) in [4.78, 5) is 24.4. The molecular weight excluding hydrogens is 314 g/mol. The molecule has 0 saturated heterocycles. The monoisotopic (exact) mass is 331 g/mol. The smallest absolute Gasteiger partial charge is 0.259 e. The summed E-state index contributed by atoms with van der Waals surface area (Å²) in [6.07, 6.45) is 1.55. The minimum absolute atomic E-state index is 0.145. The molecule has 1 heterocycles. The lowest BCUT2D eigenvalue weighted by Crippen LogP contribution is -2.34. The van der Waals surface area contributed by atoms with Crippen molar-refractivity contribution in [3.05, 3.63) is 52.2 Å². The fraction of sp³-hybridized carbons (Fsp3) is 0.188. The molecule has 0 aliphatic rings. The molecule has 120 valence electrons. The molecule has 0 saturated carbocycles. The number of rotatable bonds is 7. The van der Waals surface area contributed by atoms with Crippen LogP contribution in [0.25, 0.3) is 0 Å². The summed E-state index contributed by atoms with van der Waals surface area (Å²) < 4.78 is 5.30. The number of nitrogens with zero attached hydrogens (tertiary/aromatic N) is 1. The highest BCUT2D eigenvalue weighted by atomic mass is 32.1. The van der Waals surface area contributed by atoms with Gasteiger partial charge in [0.1, 0.15) is 5.75 Å². The number of carbonyl (C=O) groups excluding carboxylic acids is 2. The first-order valence-corrected chi connectivity index (χ1v) is 7.93. The number of carbonyl (C=O) groups is 2. The van der Waals surface area contributed by atoms with Gasteiger partial charge in [-0.3, -0.25) is 9.59 Å². The zero-order chi connectivity index (χ0) is 16.5. The van der Waals surface area contributed by atoms with Gasteiger partial charge in [0, 0.05) is 10.4 Å². The minimum atomic E-state index is -0.392. The molecule has 2 rings (SSSR count). The number of hydrazone groups is 1. The predicted octanol–water partition coefficient (Wildman–Crippen LogP) is 2.03. The quantitative estimate of drug-likeness (QED) is 0.602. The average Bonchev–Trinajstić information content (AvgIpc) is 3.07. The van der Waals surface area contributed by atoms with E-state index in [1.54, 1.807) is 30.5 Å². The third-order valence-corrected chi connectivity index (χ3v) is 3.57. The fourth-order valence-electron chi connectivity index (χ4n) is 1.70. The molecule has 0 fully saturated rings. The Morgan fingerprint density at radius 3 is 2.70 bits per heavy atom. The van der Waals surface area contributed by atoms with Crippen LogP contribution in [0.5, 0.6) is 5.75 Å². The number of amides is 2. The Hall–Kier alpha value is -2.67. The van der Waals surface area contributed by atoms with Crippen LogP contribution >= 0.6 is 11.3 Å². The molecule has 2 amide bonds. The van der Waals surface area contributed by atoms with Crippen molar-refractivity contribution in [2.24, 2.45) is 5.10 Å². The normalized spacial score (nSPS) is 10.5. The molecule has 0 spiro atoms. The van der Waals surface area contributed by atoms with Crippen LogP contribution in [-0.4, -0.2) is 31.2 Å². The molecule has 7 heteroatoms. The number of benzene rings is 1. The van der Waals surface area contributed by atoms with Crippen LogP contribution in [0.2, 0.25) is 0 Å². The predicted molar refractivity (Wildman–Crippen MR) is 90.0 cm³/mol. The second-order valence-electron chi connectivity index (χ2n) is 4.45. The lowest BCUT2D eigenvalue weighted by atomic mass is 10.2. The van der Waals surface area contributed by atoms with Crippen LogP contribution in [0.4, 0.5) is 0 Å². The number of ether oxygens (including phenoxy) is 1. The maximum absolute atomic E-state index is 11.9. The molecule has 23 heavy (non-hydrogen) atoms. The molecule has 0 radical (unpaired) electrons. The highest BCUT2D eigenvalue weighted by Crippen LogP contribution is 2.11. The van der Waals surface area contributed by atoms with Gasteiger partial charge < -0.3 is 10.1 Å². The van der Waals surface area contributed by atoms with Crippen molar-refractivity contribution in [2.75, 3.05) is 13.2 Å². The molecule has 1 aromatic carbocycles. The summed E-state index contributed by atoms with van der Waals surface area (Å²) >= 11 is 1.51. The van der Waals surface area contributed by atoms with Gasteiger partial charge in [-0.25, -0.2) is 5.43 Å². The van der Waals surface area contributed by atoms with Crippen LogP contribution in [0.3, 0.4) is 0 Å². The Kier molecular flexibility index (Phi) is 6.31. The first-order valence-electron chi connectivity index (χ1n) is 7.05. The number of thiophene rings is 1. The van der Waals surface area contributed by atoms with Gasteiger partial charge in [0.05, 0.1) is 19.4 Å². The Bertz CT molecular complexity index is 666. The van der Waals surface area contributed by atoms with Crippen molar-refractivity contribution in [3.8, 4) is 5.75 Å². The van der Waals surface area contributed by atoms with Crippen molar-refractivity contribution in [1.82, 2.24) is 10.7 Å². The summed E-state index contributed by atoms with van der Waals surface area (Å²) in [5.41, 5.74) is 2.82. The SMILES string of the molecule is CCOc1ccc(C(=O)NCC(=O)N/N=C/c2cccs2)cc1. The van der Waals surface area contributed by atoms with Gasteiger partial charge in [0.2, 0.25) is 0 Å². The molecule has 2 aromatic rings. The van der Waals surface area contributed by atoms with Gasteiger partial charge in [0.15, 0.2) is 0 Å². The maximum Gasteiger partial charge on any atom is 0.259 e. The van der Waals surface area contributed by atoms with Crippen LogP contribution < -0.4 is 15.5 Å². The lowest BCUT2D eigenvalue weighted by Gasteiger charge is -2.06. The van der Waals surface area contributed by atoms with Crippen molar-refractivity contribution >= 4 is 29.4 Å². The third-order valence-electron chi connectivity index (χ3n) is 2.76. The van der Waals surface area contributed by atoms with E-state index in [2.05, 4.69) is 15.8 Å². The molecule has 0 aliphatic heterocycles. The van der Waals surface area contributed by atoms with Gasteiger partial charge in [-0.05, 0) is 42.6 Å². The van der Waals surface area contributed by atoms with E-state index in [0.717, 1.165) is 4.88 Å². The van der Waals surface area contributed by atoms with E-state index in [4.69, 9.17) is 4.74 Å². The zero-order valence-corrected chi connectivity index (χ0v) is 13.4. The molecule has 0 bridgehead atoms. The van der Waals surface area contributed by atoms with Crippen LogP contribution in [0, 0.1) is 0 Å². The third kappa shape index (κ3) is 5.55. The standard InChI is InChI=1S/C16H17N3O3S/c1-2-22-13-7-5-12(6-8-13)16(21)17-11-15(20)19-18-10-14-4-3-9-23-14/h3-10H,2,11H2,1H3,(H,17,21)(H,19,20)/b18-10+. The molecular formula is C16H17N3O3S. The van der Waals surface area contributed by atoms with E-state index in [-0.39, 0.29) is 12.5 Å². The van der Waals surface area contributed by atoms with E-state index < -0.39 is 5.91 Å². The summed E-state index contributed by atoms with van der Waals surface area (Å²) in [5.74, 6) is -0.0211. The van der Waals surface area contributed by atoms with Crippen molar-refractivity contribution in [2.45, 2.75) is 6.92 Å². The van der Waals surface area contributed by atoms with Crippen molar-refractivity contribution < 1.29 is 14.3 Å². The van der Waals surface area contributed by atoms with Crippen LogP contribution in [-0.2, 0) is 4.79 Å². The van der Waals surface area contributed by atoms with E-state index in [0.29, 0.717) is 17.9 Å². The summed E-state index contributed by atoms with van der Waals surface area (Å²) in [7, 11) is 0. The highest BCUT2D eigenvalue weighted by molar-refractivity contribution is 7.11. The Balaban J connectivity index is 1.75. The van der Waals surface area contributed by atoms with E-state index in [1.165, 1.54) is 11.3 Å². The van der Waals surface area contributed by atoms with Crippen LogP contribution in [0.15, 0.2) is 46.9 Å². The largest absolute Gasteiger partial charge is 0.494 e. The number of hydrogen-bond donors (Lipinski definition) is 2. The van der Waals surface area contributed by atoms with Gasteiger partial charge in [-0.15, -0.1) is 11.3 Å². The minimum Gasteiger partial charge on any atom is -0.494 e. The highest BCUT2D eigenvalue weighted by Gasteiger charge is 2.07. The Labute approximate surface area is 138 Å². The second kappa shape index (κ2) is 8.70. The van der Waals surface area contributed by atoms with E-state index in [9.17, 15) is 9.59 Å². The Morgan fingerprint density at radius 2 is 2.04 bits per heavy atom. The van der Waals surface area contributed by atoms with Gasteiger partial charge >= 0.3 is 0 Å². The molecule has 1 aromatic heterocycles. The van der Waals surface area contributed by atoms with Crippen molar-refractivity contribution in [3.63, 3.8) is 0 Å². The average molecular weight is 331 g/mol. The molecule has 0 aliphatic carbocycles. The maximum atomic E-state index is 11.9. The number of hydrogen-bond acceptors (Lipinski definition) is 5. The summed E-state index contributed by atoms with van der Waals surface area (Å²) in [6, 6.07) is 10.5. The Morgan fingerprint density at radius 1 is 1.26 bits per heavy atom. The summed E-state index contributed by atoms with van der Waals surface area (Å²) in [5, 5.41) is 8.26. The van der Waals surface area contributed by atoms with Gasteiger partial charge in [-0.1, -0.05) is 6.07 Å². The molecule has 0 unspecified atom stereocenters. The molecule has 0 atom stereocenters. The molecule has 6 nitrogen and oxygen atoms in total. The van der Waals surface area contributed by atoms with Crippen molar-refractivity contribution in [1.29, 1.82) is 0 Å².